The van der Waals surface area contributed by atoms with E-state index in [-0.39, 0.29) is 0 Å². The predicted molar refractivity (Wildman–Crippen MR) is 59.9 cm³/mol. The number of hydrogen-bond donors (Lipinski definition) is 1. The number of benzene rings is 1. The molecule has 1 saturated heterocycles. The van der Waals surface area contributed by atoms with Crippen LogP contribution in [0.1, 0.15) is 22.8 Å². The maximum absolute atomic E-state index is 5.92. The molecule has 2 aliphatic heterocycles. The second-order valence-corrected chi connectivity index (χ2v) is 4.66. The monoisotopic (exact) mass is 203 g/mol. The number of rotatable bonds is 1. The fraction of sp³-hybridized carbons (Fsp3) is 0.538. The summed E-state index contributed by atoms with van der Waals surface area (Å²) in [6.45, 7) is 5.26. The molecule has 1 fully saturated rings. The largest absolute Gasteiger partial charge is 0.373 e. The van der Waals surface area contributed by atoms with Crippen LogP contribution in [-0.4, -0.2) is 19.7 Å². The molecule has 3 rings (SSSR count). The van der Waals surface area contributed by atoms with Crippen LogP contribution in [0.25, 0.3) is 0 Å². The summed E-state index contributed by atoms with van der Waals surface area (Å²) in [5.74, 6) is 0.686. The van der Waals surface area contributed by atoms with E-state index in [1.807, 2.05) is 0 Å². The fourth-order valence-corrected chi connectivity index (χ4v) is 2.51. The highest BCUT2D eigenvalue weighted by molar-refractivity contribution is 5.35. The Morgan fingerprint density at radius 1 is 1.33 bits per heavy atom. The Labute approximate surface area is 90.6 Å². The standard InChI is InChI=1S/C13H17NO/c1-9-2-3-10-4-5-15-13(12(10)6-9)11-7-14-8-11/h2-3,6,11,13-14H,4-5,7-8H2,1H3. The second kappa shape index (κ2) is 3.62. The van der Waals surface area contributed by atoms with Crippen LogP contribution in [0.15, 0.2) is 18.2 Å². The summed E-state index contributed by atoms with van der Waals surface area (Å²) < 4.78 is 5.92. The number of hydrogen-bond acceptors (Lipinski definition) is 2. The molecule has 2 heterocycles. The molecule has 0 aromatic heterocycles. The molecule has 0 amide bonds. The van der Waals surface area contributed by atoms with Crippen molar-refractivity contribution in [3.05, 3.63) is 34.9 Å². The summed E-state index contributed by atoms with van der Waals surface area (Å²) in [6.07, 6.45) is 1.42. The highest BCUT2D eigenvalue weighted by atomic mass is 16.5. The van der Waals surface area contributed by atoms with Gasteiger partial charge >= 0.3 is 0 Å². The first kappa shape index (κ1) is 9.37. The Hall–Kier alpha value is -0.860. The first-order valence-electron chi connectivity index (χ1n) is 5.76. The topological polar surface area (TPSA) is 21.3 Å². The van der Waals surface area contributed by atoms with E-state index in [4.69, 9.17) is 4.74 Å². The zero-order chi connectivity index (χ0) is 10.3. The molecule has 1 aromatic rings. The van der Waals surface area contributed by atoms with Gasteiger partial charge in [-0.25, -0.2) is 0 Å². The van der Waals surface area contributed by atoms with Gasteiger partial charge in [0.05, 0.1) is 12.7 Å². The Morgan fingerprint density at radius 2 is 2.20 bits per heavy atom. The van der Waals surface area contributed by atoms with Crippen LogP contribution in [0.4, 0.5) is 0 Å². The summed E-state index contributed by atoms with van der Waals surface area (Å²) in [5.41, 5.74) is 4.27. The quantitative estimate of drug-likeness (QED) is 0.752. The van der Waals surface area contributed by atoms with Gasteiger partial charge < -0.3 is 10.1 Å². The van der Waals surface area contributed by atoms with Crippen molar-refractivity contribution < 1.29 is 4.74 Å². The molecule has 1 atom stereocenters. The van der Waals surface area contributed by atoms with Gasteiger partial charge in [-0.15, -0.1) is 0 Å². The third kappa shape index (κ3) is 1.58. The van der Waals surface area contributed by atoms with E-state index in [0.717, 1.165) is 26.1 Å². The summed E-state index contributed by atoms with van der Waals surface area (Å²) >= 11 is 0. The molecule has 0 spiro atoms. The highest BCUT2D eigenvalue weighted by Crippen LogP contribution is 2.35. The van der Waals surface area contributed by atoms with Gasteiger partial charge in [-0.05, 0) is 24.5 Å². The lowest BCUT2D eigenvalue weighted by molar-refractivity contribution is -0.0151. The zero-order valence-electron chi connectivity index (χ0n) is 9.12. The van der Waals surface area contributed by atoms with Crippen LogP contribution in [0, 0.1) is 12.8 Å². The van der Waals surface area contributed by atoms with Crippen LogP contribution in [0.2, 0.25) is 0 Å². The van der Waals surface area contributed by atoms with Crippen molar-refractivity contribution in [1.82, 2.24) is 5.32 Å². The Balaban J connectivity index is 1.96. The molecule has 80 valence electrons. The minimum atomic E-state index is 0.342. The van der Waals surface area contributed by atoms with Crippen molar-refractivity contribution in [2.45, 2.75) is 19.4 Å². The number of nitrogens with one attached hydrogen (secondary N) is 1. The Morgan fingerprint density at radius 3 is 2.93 bits per heavy atom. The van der Waals surface area contributed by atoms with Crippen molar-refractivity contribution >= 4 is 0 Å². The van der Waals surface area contributed by atoms with E-state index in [0.29, 0.717) is 12.0 Å². The average molecular weight is 203 g/mol. The van der Waals surface area contributed by atoms with Gasteiger partial charge in [-0.3, -0.25) is 0 Å². The van der Waals surface area contributed by atoms with Crippen molar-refractivity contribution in [1.29, 1.82) is 0 Å². The summed E-state index contributed by atoms with van der Waals surface area (Å²) in [4.78, 5) is 0. The second-order valence-electron chi connectivity index (χ2n) is 4.66. The maximum atomic E-state index is 5.92. The van der Waals surface area contributed by atoms with Crippen LogP contribution in [-0.2, 0) is 11.2 Å². The number of fused-ring (bicyclic) bond motifs is 1. The third-order valence-electron chi connectivity index (χ3n) is 3.52. The predicted octanol–water partition coefficient (Wildman–Crippen LogP) is 1.83. The maximum Gasteiger partial charge on any atom is 0.0880 e. The average Bonchev–Trinajstić information content (AvgIpc) is 2.16. The van der Waals surface area contributed by atoms with Crippen LogP contribution in [0.3, 0.4) is 0 Å². The van der Waals surface area contributed by atoms with Crippen molar-refractivity contribution in [3.8, 4) is 0 Å². The molecule has 1 unspecified atom stereocenters. The number of ether oxygens (including phenoxy) is 1. The molecule has 0 saturated carbocycles. The van der Waals surface area contributed by atoms with Crippen molar-refractivity contribution in [3.63, 3.8) is 0 Å². The lowest BCUT2D eigenvalue weighted by Crippen LogP contribution is -2.46. The summed E-state index contributed by atoms with van der Waals surface area (Å²) in [6, 6.07) is 6.78. The van der Waals surface area contributed by atoms with E-state index in [1.54, 1.807) is 0 Å². The van der Waals surface area contributed by atoms with Gasteiger partial charge in [-0.2, -0.15) is 0 Å². The molecule has 0 radical (unpaired) electrons. The summed E-state index contributed by atoms with van der Waals surface area (Å²) in [7, 11) is 0. The van der Waals surface area contributed by atoms with E-state index in [2.05, 4.69) is 30.4 Å². The zero-order valence-corrected chi connectivity index (χ0v) is 9.12. The third-order valence-corrected chi connectivity index (χ3v) is 3.52. The van der Waals surface area contributed by atoms with Gasteiger partial charge in [0.1, 0.15) is 0 Å². The molecule has 2 nitrogen and oxygen atoms in total. The molecular formula is C13H17NO. The van der Waals surface area contributed by atoms with Crippen LogP contribution >= 0.6 is 0 Å². The molecule has 1 N–H and O–H groups in total. The molecule has 2 aliphatic rings. The lowest BCUT2D eigenvalue weighted by Gasteiger charge is -2.38. The van der Waals surface area contributed by atoms with E-state index < -0.39 is 0 Å². The van der Waals surface area contributed by atoms with Crippen LogP contribution in [0.5, 0.6) is 0 Å². The van der Waals surface area contributed by atoms with Crippen molar-refractivity contribution in [2.24, 2.45) is 5.92 Å². The first-order valence-corrected chi connectivity index (χ1v) is 5.76. The Kier molecular flexibility index (Phi) is 2.26. The summed E-state index contributed by atoms with van der Waals surface area (Å²) in [5, 5.41) is 3.32. The van der Waals surface area contributed by atoms with Crippen LogP contribution < -0.4 is 5.32 Å². The fourth-order valence-electron chi connectivity index (χ4n) is 2.51. The number of aryl methyl sites for hydroxylation is 1. The minimum Gasteiger partial charge on any atom is -0.373 e. The molecule has 0 bridgehead atoms. The minimum absolute atomic E-state index is 0.342. The molecular weight excluding hydrogens is 186 g/mol. The SMILES string of the molecule is Cc1ccc2c(c1)C(C1CNC1)OCC2. The molecule has 2 heteroatoms. The van der Waals surface area contributed by atoms with Gasteiger partial charge in [-0.1, -0.05) is 23.8 Å². The normalized spacial score (nSPS) is 25.8. The molecule has 1 aromatic carbocycles. The van der Waals surface area contributed by atoms with Gasteiger partial charge in [0.2, 0.25) is 0 Å². The van der Waals surface area contributed by atoms with Gasteiger partial charge in [0.15, 0.2) is 0 Å². The van der Waals surface area contributed by atoms with Crippen molar-refractivity contribution in [2.75, 3.05) is 19.7 Å². The van der Waals surface area contributed by atoms with Gasteiger partial charge in [0.25, 0.3) is 0 Å². The molecule has 15 heavy (non-hydrogen) atoms. The molecule has 0 aliphatic carbocycles. The van der Waals surface area contributed by atoms with Gasteiger partial charge in [0, 0.05) is 19.0 Å². The lowest BCUT2D eigenvalue weighted by atomic mass is 9.85. The first-order chi connectivity index (χ1) is 7.34. The smallest absolute Gasteiger partial charge is 0.0880 e. The Bertz CT molecular complexity index is 371. The van der Waals surface area contributed by atoms with E-state index in [9.17, 15) is 0 Å². The highest BCUT2D eigenvalue weighted by Gasteiger charge is 2.32. The van der Waals surface area contributed by atoms with E-state index in [1.165, 1.54) is 16.7 Å². The van der Waals surface area contributed by atoms with E-state index >= 15 is 0 Å².